The lowest BCUT2D eigenvalue weighted by Gasteiger charge is -2.36. The summed E-state index contributed by atoms with van der Waals surface area (Å²) in [5, 5.41) is 11.9. The van der Waals surface area contributed by atoms with Gasteiger partial charge in [0.2, 0.25) is 5.13 Å². The van der Waals surface area contributed by atoms with Crippen molar-refractivity contribution in [2.45, 2.75) is 19.4 Å². The third-order valence-electron chi connectivity index (χ3n) is 5.66. The predicted octanol–water partition coefficient (Wildman–Crippen LogP) is 4.14. The van der Waals surface area contributed by atoms with Crippen LogP contribution in [-0.4, -0.2) is 61.5 Å². The number of ether oxygens (including phenoxy) is 2. The van der Waals surface area contributed by atoms with E-state index >= 15 is 0 Å². The Labute approximate surface area is 194 Å². The molecule has 7 nitrogen and oxygen atoms in total. The van der Waals surface area contributed by atoms with Gasteiger partial charge in [-0.1, -0.05) is 35.6 Å². The van der Waals surface area contributed by atoms with Crippen LogP contribution in [0.15, 0.2) is 54.0 Å². The average molecular weight is 454 g/mol. The molecule has 1 saturated heterocycles. The van der Waals surface area contributed by atoms with E-state index in [2.05, 4.69) is 49.6 Å². The first kappa shape index (κ1) is 22.4. The maximum atomic E-state index is 5.92. The number of anilines is 2. The summed E-state index contributed by atoms with van der Waals surface area (Å²) in [4.78, 5) is 4.97. The lowest BCUT2D eigenvalue weighted by molar-refractivity contribution is 0.238. The van der Waals surface area contributed by atoms with Crippen LogP contribution in [0.25, 0.3) is 0 Å². The number of para-hydroxylation sites is 2. The van der Waals surface area contributed by atoms with Gasteiger partial charge in [-0.2, -0.15) is 0 Å². The van der Waals surface area contributed by atoms with Crippen LogP contribution in [0.1, 0.15) is 18.4 Å². The van der Waals surface area contributed by atoms with Gasteiger partial charge in [0.15, 0.2) is 0 Å². The Morgan fingerprint density at radius 2 is 1.81 bits per heavy atom. The maximum Gasteiger partial charge on any atom is 0.205 e. The summed E-state index contributed by atoms with van der Waals surface area (Å²) in [5.41, 5.74) is 4.12. The van der Waals surface area contributed by atoms with E-state index in [1.54, 1.807) is 12.6 Å². The molecule has 8 heteroatoms. The van der Waals surface area contributed by atoms with Gasteiger partial charge in [-0.3, -0.25) is 4.90 Å². The van der Waals surface area contributed by atoms with Gasteiger partial charge in [0.1, 0.15) is 17.0 Å². The third kappa shape index (κ3) is 6.34. The SMILES string of the molecule is COc1ccccc1N1CCN(CCCCOc2ccc(CNc3nncs3)cc2)CC1. The minimum Gasteiger partial charge on any atom is -0.495 e. The van der Waals surface area contributed by atoms with Gasteiger partial charge < -0.3 is 19.7 Å². The van der Waals surface area contributed by atoms with E-state index in [1.165, 1.54) is 22.6 Å². The Morgan fingerprint density at radius 1 is 1.00 bits per heavy atom. The minimum atomic E-state index is 0.736. The zero-order valence-corrected chi connectivity index (χ0v) is 19.4. The molecule has 2 aromatic carbocycles. The molecule has 1 N–H and O–H groups in total. The highest BCUT2D eigenvalue weighted by atomic mass is 32.1. The first-order valence-electron chi connectivity index (χ1n) is 11.1. The Morgan fingerprint density at radius 3 is 2.56 bits per heavy atom. The largest absolute Gasteiger partial charge is 0.495 e. The van der Waals surface area contributed by atoms with Gasteiger partial charge in [0.25, 0.3) is 0 Å². The molecule has 0 bridgehead atoms. The van der Waals surface area contributed by atoms with Crippen LogP contribution in [0.5, 0.6) is 11.5 Å². The molecule has 0 saturated carbocycles. The van der Waals surface area contributed by atoms with Gasteiger partial charge in [-0.05, 0) is 49.2 Å². The zero-order valence-electron chi connectivity index (χ0n) is 18.6. The number of hydrogen-bond acceptors (Lipinski definition) is 8. The van der Waals surface area contributed by atoms with Crippen LogP contribution in [0, 0.1) is 0 Å². The van der Waals surface area contributed by atoms with Crippen molar-refractivity contribution in [2.24, 2.45) is 0 Å². The van der Waals surface area contributed by atoms with Crippen molar-refractivity contribution in [3.8, 4) is 11.5 Å². The number of rotatable bonds is 11. The molecule has 3 aromatic rings. The average Bonchev–Trinajstić information content (AvgIpc) is 3.37. The second-order valence-electron chi connectivity index (χ2n) is 7.80. The summed E-state index contributed by atoms with van der Waals surface area (Å²) in [5.74, 6) is 1.88. The van der Waals surface area contributed by atoms with Gasteiger partial charge >= 0.3 is 0 Å². The molecule has 0 spiro atoms. The van der Waals surface area contributed by atoms with Crippen LogP contribution in [0.2, 0.25) is 0 Å². The van der Waals surface area contributed by atoms with E-state index in [9.17, 15) is 0 Å². The van der Waals surface area contributed by atoms with E-state index in [0.29, 0.717) is 0 Å². The van der Waals surface area contributed by atoms with E-state index in [-0.39, 0.29) is 0 Å². The summed E-state index contributed by atoms with van der Waals surface area (Å²) in [7, 11) is 1.74. The number of benzene rings is 2. The Bertz CT molecular complexity index is 928. The van der Waals surface area contributed by atoms with E-state index in [4.69, 9.17) is 9.47 Å². The van der Waals surface area contributed by atoms with Crippen molar-refractivity contribution >= 4 is 22.2 Å². The van der Waals surface area contributed by atoms with Crippen molar-refractivity contribution in [3.05, 3.63) is 59.6 Å². The molecule has 1 aliphatic rings. The van der Waals surface area contributed by atoms with Gasteiger partial charge in [0.05, 0.1) is 19.4 Å². The summed E-state index contributed by atoms with van der Waals surface area (Å²) in [6, 6.07) is 16.5. The van der Waals surface area contributed by atoms with Crippen molar-refractivity contribution in [1.29, 1.82) is 0 Å². The topological polar surface area (TPSA) is 62.8 Å². The van der Waals surface area contributed by atoms with Crippen LogP contribution in [-0.2, 0) is 6.54 Å². The molecular weight excluding hydrogens is 422 g/mol. The van der Waals surface area contributed by atoms with Crippen LogP contribution in [0.4, 0.5) is 10.8 Å². The fraction of sp³-hybridized carbons (Fsp3) is 0.417. The molecule has 0 unspecified atom stereocenters. The van der Waals surface area contributed by atoms with Crippen molar-refractivity contribution in [3.63, 3.8) is 0 Å². The number of nitrogens with zero attached hydrogens (tertiary/aromatic N) is 4. The van der Waals surface area contributed by atoms with Crippen molar-refractivity contribution < 1.29 is 9.47 Å². The molecule has 2 heterocycles. The van der Waals surface area contributed by atoms with Crippen LogP contribution in [0.3, 0.4) is 0 Å². The lowest BCUT2D eigenvalue weighted by atomic mass is 10.2. The zero-order chi connectivity index (χ0) is 22.0. The van der Waals surface area contributed by atoms with E-state index < -0.39 is 0 Å². The van der Waals surface area contributed by atoms with Gasteiger partial charge in [-0.15, -0.1) is 10.2 Å². The highest BCUT2D eigenvalue weighted by molar-refractivity contribution is 7.13. The summed E-state index contributed by atoms with van der Waals surface area (Å²) >= 11 is 1.50. The number of methoxy groups -OCH3 is 1. The minimum absolute atomic E-state index is 0.736. The quantitative estimate of drug-likeness (QED) is 0.438. The molecule has 0 radical (unpaired) electrons. The number of aromatic nitrogens is 2. The molecule has 170 valence electrons. The van der Waals surface area contributed by atoms with E-state index in [0.717, 1.165) is 75.3 Å². The summed E-state index contributed by atoms with van der Waals surface area (Å²) < 4.78 is 11.4. The molecule has 1 aromatic heterocycles. The molecule has 4 rings (SSSR count). The fourth-order valence-corrected chi connectivity index (χ4v) is 4.31. The Balaban J connectivity index is 1.09. The standard InChI is InChI=1S/C24H31N5O2S/c1-30-23-7-3-2-6-22(23)29-15-13-28(14-16-29)12-4-5-17-31-21-10-8-20(9-11-21)18-25-24-27-26-19-32-24/h2-3,6-11,19H,4-5,12-18H2,1H3,(H,25,27). The highest BCUT2D eigenvalue weighted by Crippen LogP contribution is 2.28. The first-order valence-corrected chi connectivity index (χ1v) is 12.0. The fourth-order valence-electron chi connectivity index (χ4n) is 3.86. The second-order valence-corrected chi connectivity index (χ2v) is 8.63. The number of hydrogen-bond donors (Lipinski definition) is 1. The first-order chi connectivity index (χ1) is 15.8. The monoisotopic (exact) mass is 453 g/mol. The smallest absolute Gasteiger partial charge is 0.205 e. The van der Waals surface area contributed by atoms with E-state index in [1.807, 2.05) is 24.3 Å². The second kappa shape index (κ2) is 11.7. The maximum absolute atomic E-state index is 5.92. The van der Waals surface area contributed by atoms with Crippen molar-refractivity contribution in [2.75, 3.05) is 56.7 Å². The number of nitrogens with one attached hydrogen (secondary N) is 1. The van der Waals surface area contributed by atoms with Gasteiger partial charge in [0, 0.05) is 32.7 Å². The van der Waals surface area contributed by atoms with Gasteiger partial charge in [-0.25, -0.2) is 0 Å². The normalized spacial score (nSPS) is 14.3. The number of piperazine rings is 1. The highest BCUT2D eigenvalue weighted by Gasteiger charge is 2.19. The summed E-state index contributed by atoms with van der Waals surface area (Å²) in [6.45, 7) is 6.87. The molecule has 0 amide bonds. The van der Waals surface area contributed by atoms with Crippen molar-refractivity contribution in [1.82, 2.24) is 15.1 Å². The molecule has 1 aliphatic heterocycles. The van der Waals surface area contributed by atoms with Crippen LogP contribution < -0.4 is 19.7 Å². The van der Waals surface area contributed by atoms with Crippen LogP contribution >= 0.6 is 11.3 Å². The molecule has 32 heavy (non-hydrogen) atoms. The molecule has 0 aliphatic carbocycles. The third-order valence-corrected chi connectivity index (χ3v) is 6.31. The molecule has 1 fully saturated rings. The Hall–Kier alpha value is -2.84. The number of unbranched alkanes of at least 4 members (excludes halogenated alkanes) is 1. The molecular formula is C24H31N5O2S. The Kier molecular flexibility index (Phi) is 8.17. The predicted molar refractivity (Wildman–Crippen MR) is 130 cm³/mol. The molecule has 0 atom stereocenters. The summed E-state index contributed by atoms with van der Waals surface area (Å²) in [6.07, 6.45) is 2.21. The lowest BCUT2D eigenvalue weighted by Crippen LogP contribution is -2.46.